The first kappa shape index (κ1) is 21.5. The lowest BCUT2D eigenvalue weighted by Gasteiger charge is -2.31. The van der Waals surface area contributed by atoms with Gasteiger partial charge < -0.3 is 15.0 Å². The van der Waals surface area contributed by atoms with Gasteiger partial charge >= 0.3 is 0 Å². The number of nitrogens with zero attached hydrogens (tertiary/aromatic N) is 2. The van der Waals surface area contributed by atoms with Crippen molar-refractivity contribution in [3.8, 4) is 11.8 Å². The normalized spacial score (nSPS) is 14.3. The first-order valence-electron chi connectivity index (χ1n) is 11.0. The molecule has 5 heteroatoms. The average molecular weight is 426 g/mol. The van der Waals surface area contributed by atoms with Crippen molar-refractivity contribution < 1.29 is 9.53 Å². The van der Waals surface area contributed by atoms with Crippen LogP contribution in [0.4, 0.5) is 5.69 Å². The maximum atomic E-state index is 13.4. The van der Waals surface area contributed by atoms with E-state index in [-0.39, 0.29) is 5.91 Å². The molecule has 3 aromatic carbocycles. The first-order chi connectivity index (χ1) is 15.7. The molecular weight excluding hydrogens is 398 g/mol. The van der Waals surface area contributed by atoms with Crippen LogP contribution in [0.15, 0.2) is 78.9 Å². The Kier molecular flexibility index (Phi) is 7.04. The predicted octanol–water partition coefficient (Wildman–Crippen LogP) is 5.30. The summed E-state index contributed by atoms with van der Waals surface area (Å²) in [5.41, 5.74) is 3.32. The number of hydrogen-bond donors (Lipinski definition) is 1. The summed E-state index contributed by atoms with van der Waals surface area (Å²) in [5, 5.41) is 12.5. The van der Waals surface area contributed by atoms with Crippen LogP contribution in [0.1, 0.15) is 42.0 Å². The molecule has 3 aromatic rings. The van der Waals surface area contributed by atoms with E-state index in [0.717, 1.165) is 42.7 Å². The summed E-state index contributed by atoms with van der Waals surface area (Å²) in [5.74, 6) is 0.810. The van der Waals surface area contributed by atoms with Gasteiger partial charge in [-0.1, -0.05) is 48.5 Å². The van der Waals surface area contributed by atoms with Gasteiger partial charge in [-0.3, -0.25) is 4.79 Å². The van der Waals surface area contributed by atoms with Gasteiger partial charge in [0.15, 0.2) is 0 Å². The molecule has 0 aromatic heterocycles. The molecular formula is C27H27N3O2. The van der Waals surface area contributed by atoms with Crippen molar-refractivity contribution in [1.29, 1.82) is 5.26 Å². The number of piperidine rings is 1. The van der Waals surface area contributed by atoms with Crippen molar-refractivity contribution in [3.05, 3.63) is 95.6 Å². The van der Waals surface area contributed by atoms with Crippen molar-refractivity contribution in [1.82, 2.24) is 4.90 Å². The van der Waals surface area contributed by atoms with E-state index >= 15 is 0 Å². The van der Waals surface area contributed by atoms with Gasteiger partial charge in [0, 0.05) is 24.8 Å². The van der Waals surface area contributed by atoms with Gasteiger partial charge in [0.1, 0.15) is 18.4 Å². The summed E-state index contributed by atoms with van der Waals surface area (Å²) in [6.45, 7) is 2.00. The van der Waals surface area contributed by atoms with E-state index in [9.17, 15) is 4.79 Å². The van der Waals surface area contributed by atoms with E-state index in [4.69, 9.17) is 10.00 Å². The lowest BCUT2D eigenvalue weighted by Crippen LogP contribution is -2.41. The Morgan fingerprint density at radius 2 is 1.75 bits per heavy atom. The van der Waals surface area contributed by atoms with E-state index in [1.807, 2.05) is 77.7 Å². The number of likely N-dealkylation sites (tertiary alicyclic amines) is 1. The molecule has 5 nitrogen and oxygen atoms in total. The smallest absolute Gasteiger partial charge is 0.249 e. The largest absolute Gasteiger partial charge is 0.489 e. The van der Waals surface area contributed by atoms with Gasteiger partial charge in [0.25, 0.3) is 0 Å². The number of hydrogen-bond acceptors (Lipinski definition) is 4. The van der Waals surface area contributed by atoms with Crippen LogP contribution in [0, 0.1) is 11.3 Å². The number of rotatable bonds is 7. The first-order valence-corrected chi connectivity index (χ1v) is 11.0. The van der Waals surface area contributed by atoms with Crippen LogP contribution in [0.2, 0.25) is 0 Å². The van der Waals surface area contributed by atoms with Crippen LogP contribution < -0.4 is 10.1 Å². The number of amides is 1. The van der Waals surface area contributed by atoms with Gasteiger partial charge in [0.05, 0.1) is 11.6 Å². The third-order valence-electron chi connectivity index (χ3n) is 5.65. The minimum absolute atomic E-state index is 0.107. The third kappa shape index (κ3) is 5.47. The molecule has 1 N–H and O–H groups in total. The monoisotopic (exact) mass is 425 g/mol. The van der Waals surface area contributed by atoms with Gasteiger partial charge in [-0.05, 0) is 54.7 Å². The standard InChI is InChI=1S/C27H27N3O2/c28-19-21-9-7-10-22(17-21)20-32-25-14-8-13-24(18-25)29-26(23-11-3-1-4-12-23)27(31)30-15-5-2-6-16-30/h1,3-4,7-14,17-18,26,29H,2,5-6,15-16,20H2. The number of nitrogens with one attached hydrogen (secondary N) is 1. The van der Waals surface area contributed by atoms with E-state index in [1.54, 1.807) is 6.07 Å². The zero-order valence-corrected chi connectivity index (χ0v) is 18.0. The Morgan fingerprint density at radius 1 is 0.969 bits per heavy atom. The number of benzene rings is 3. The Balaban J connectivity index is 1.49. The molecule has 1 amide bonds. The number of carbonyl (C=O) groups excluding carboxylic acids is 1. The molecule has 1 atom stereocenters. The zero-order valence-electron chi connectivity index (χ0n) is 18.0. The summed E-state index contributed by atoms with van der Waals surface area (Å²) < 4.78 is 5.95. The second-order valence-corrected chi connectivity index (χ2v) is 8.00. The highest BCUT2D eigenvalue weighted by molar-refractivity contribution is 5.86. The quantitative estimate of drug-likeness (QED) is 0.558. The Morgan fingerprint density at radius 3 is 2.53 bits per heavy atom. The number of carbonyl (C=O) groups is 1. The lowest BCUT2D eigenvalue weighted by atomic mass is 10.0. The predicted molar refractivity (Wildman–Crippen MR) is 125 cm³/mol. The fraction of sp³-hybridized carbons (Fsp3) is 0.259. The summed E-state index contributed by atoms with van der Waals surface area (Å²) in [6.07, 6.45) is 3.30. The minimum Gasteiger partial charge on any atom is -0.489 e. The lowest BCUT2D eigenvalue weighted by molar-refractivity contribution is -0.133. The maximum absolute atomic E-state index is 13.4. The van der Waals surface area contributed by atoms with E-state index in [1.165, 1.54) is 6.42 Å². The molecule has 0 bridgehead atoms. The molecule has 1 aliphatic heterocycles. The van der Waals surface area contributed by atoms with Gasteiger partial charge in [-0.25, -0.2) is 0 Å². The molecule has 1 saturated heterocycles. The summed E-state index contributed by atoms with van der Waals surface area (Å²) in [6, 6.07) is 26.6. The fourth-order valence-electron chi connectivity index (χ4n) is 3.97. The van der Waals surface area contributed by atoms with Crippen LogP contribution in [0.3, 0.4) is 0 Å². The molecule has 1 aliphatic rings. The van der Waals surface area contributed by atoms with E-state index < -0.39 is 6.04 Å². The molecule has 0 radical (unpaired) electrons. The average Bonchev–Trinajstić information content (AvgIpc) is 2.87. The highest BCUT2D eigenvalue weighted by Crippen LogP contribution is 2.26. The minimum atomic E-state index is -0.447. The highest BCUT2D eigenvalue weighted by Gasteiger charge is 2.27. The van der Waals surface area contributed by atoms with Crippen molar-refractivity contribution in [2.45, 2.75) is 31.9 Å². The van der Waals surface area contributed by atoms with Crippen LogP contribution >= 0.6 is 0 Å². The molecule has 1 fully saturated rings. The number of nitriles is 1. The number of anilines is 1. The van der Waals surface area contributed by atoms with Gasteiger partial charge in [-0.2, -0.15) is 5.26 Å². The van der Waals surface area contributed by atoms with Crippen LogP contribution in [-0.4, -0.2) is 23.9 Å². The summed E-state index contributed by atoms with van der Waals surface area (Å²) in [4.78, 5) is 15.3. The molecule has 1 heterocycles. The highest BCUT2D eigenvalue weighted by atomic mass is 16.5. The van der Waals surface area contributed by atoms with Crippen molar-refractivity contribution in [2.75, 3.05) is 18.4 Å². The summed E-state index contributed by atoms with van der Waals surface area (Å²) >= 11 is 0. The Hall–Kier alpha value is -3.78. The van der Waals surface area contributed by atoms with E-state index in [0.29, 0.717) is 17.9 Å². The molecule has 0 saturated carbocycles. The third-order valence-corrected chi connectivity index (χ3v) is 5.65. The molecule has 162 valence electrons. The zero-order chi connectivity index (χ0) is 22.2. The van der Waals surface area contributed by atoms with Crippen molar-refractivity contribution >= 4 is 11.6 Å². The maximum Gasteiger partial charge on any atom is 0.249 e. The second-order valence-electron chi connectivity index (χ2n) is 8.00. The summed E-state index contributed by atoms with van der Waals surface area (Å²) in [7, 11) is 0. The fourth-order valence-corrected chi connectivity index (χ4v) is 3.97. The molecule has 0 aliphatic carbocycles. The van der Waals surface area contributed by atoms with Gasteiger partial charge in [-0.15, -0.1) is 0 Å². The Labute approximate surface area is 189 Å². The number of ether oxygens (including phenoxy) is 1. The van der Waals surface area contributed by atoms with Crippen LogP contribution in [0.5, 0.6) is 5.75 Å². The van der Waals surface area contributed by atoms with Crippen LogP contribution in [0.25, 0.3) is 0 Å². The molecule has 1 unspecified atom stereocenters. The van der Waals surface area contributed by atoms with E-state index in [2.05, 4.69) is 11.4 Å². The van der Waals surface area contributed by atoms with Crippen molar-refractivity contribution in [3.63, 3.8) is 0 Å². The molecule has 32 heavy (non-hydrogen) atoms. The molecule has 4 rings (SSSR count). The molecule has 0 spiro atoms. The Bertz CT molecular complexity index is 1090. The van der Waals surface area contributed by atoms with Crippen molar-refractivity contribution in [2.24, 2.45) is 0 Å². The second kappa shape index (κ2) is 10.5. The SMILES string of the molecule is N#Cc1cccc(COc2cccc(NC(C(=O)N3CCCCC3)c3ccccc3)c2)c1. The van der Waals surface area contributed by atoms with Crippen LogP contribution in [-0.2, 0) is 11.4 Å². The topological polar surface area (TPSA) is 65.4 Å². The van der Waals surface area contributed by atoms with Gasteiger partial charge in [0.2, 0.25) is 5.91 Å².